The first-order chi connectivity index (χ1) is 13.9. The smallest absolute Gasteiger partial charge is 0.258 e. The van der Waals surface area contributed by atoms with E-state index in [-0.39, 0.29) is 5.91 Å². The summed E-state index contributed by atoms with van der Waals surface area (Å²) in [4.78, 5) is 26.0. The summed E-state index contributed by atoms with van der Waals surface area (Å²) < 4.78 is 27.4. The quantitative estimate of drug-likeness (QED) is 0.830. The summed E-state index contributed by atoms with van der Waals surface area (Å²) in [5, 5.41) is 0. The van der Waals surface area contributed by atoms with Crippen LogP contribution in [0.25, 0.3) is 0 Å². The highest BCUT2D eigenvalue weighted by atomic mass is 32.2. The highest BCUT2D eigenvalue weighted by Gasteiger charge is 2.30. The van der Waals surface area contributed by atoms with Crippen LogP contribution < -0.4 is 10.6 Å². The van der Waals surface area contributed by atoms with Gasteiger partial charge in [0, 0.05) is 36.4 Å². The Balaban J connectivity index is 1.58. The van der Waals surface area contributed by atoms with Crippen LogP contribution in [0, 0.1) is 0 Å². The number of sulfonamides is 1. The minimum absolute atomic E-state index is 0.189. The van der Waals surface area contributed by atoms with Crippen molar-refractivity contribution in [3.8, 4) is 0 Å². The lowest BCUT2D eigenvalue weighted by atomic mass is 10.1. The van der Waals surface area contributed by atoms with Gasteiger partial charge in [0.2, 0.25) is 15.9 Å². The lowest BCUT2D eigenvalue weighted by Crippen LogP contribution is -2.35. The van der Waals surface area contributed by atoms with E-state index < -0.39 is 15.9 Å². The first-order valence-electron chi connectivity index (χ1n) is 9.73. The Labute approximate surface area is 170 Å². The van der Waals surface area contributed by atoms with Crippen molar-refractivity contribution < 1.29 is 18.0 Å². The molecule has 0 spiro atoms. The second kappa shape index (κ2) is 7.61. The lowest BCUT2D eigenvalue weighted by Gasteiger charge is -2.26. The molecule has 0 aliphatic carbocycles. The molecule has 1 saturated heterocycles. The minimum atomic E-state index is -3.50. The van der Waals surface area contributed by atoms with E-state index in [1.807, 2.05) is 0 Å². The molecule has 0 saturated carbocycles. The molecule has 2 amide bonds. The molecule has 7 nitrogen and oxygen atoms in total. The number of hydrogen-bond acceptors (Lipinski definition) is 4. The van der Waals surface area contributed by atoms with Gasteiger partial charge in [0.25, 0.3) is 5.91 Å². The molecule has 4 rings (SSSR count). The van der Waals surface area contributed by atoms with Gasteiger partial charge in [-0.1, -0.05) is 6.42 Å². The number of benzene rings is 2. The van der Waals surface area contributed by atoms with Crippen LogP contribution >= 0.6 is 0 Å². The summed E-state index contributed by atoms with van der Waals surface area (Å²) in [6.07, 6.45) is 3.44. The topological polar surface area (TPSA) is 101 Å². The molecule has 1 fully saturated rings. The molecule has 0 atom stereocenters. The average molecular weight is 413 g/mol. The van der Waals surface area contributed by atoms with Gasteiger partial charge in [0.15, 0.2) is 0 Å². The lowest BCUT2D eigenvalue weighted by molar-refractivity contribution is 0.0982. The van der Waals surface area contributed by atoms with Crippen LogP contribution in [-0.4, -0.2) is 44.2 Å². The van der Waals surface area contributed by atoms with E-state index in [1.165, 1.54) is 12.1 Å². The van der Waals surface area contributed by atoms with E-state index in [4.69, 9.17) is 5.73 Å². The van der Waals surface area contributed by atoms with Crippen molar-refractivity contribution in [2.24, 2.45) is 5.73 Å². The van der Waals surface area contributed by atoms with Crippen LogP contribution in [0.15, 0.2) is 47.4 Å². The van der Waals surface area contributed by atoms with E-state index in [9.17, 15) is 18.0 Å². The predicted molar refractivity (Wildman–Crippen MR) is 109 cm³/mol. The first kappa shape index (κ1) is 19.6. The Kier molecular flexibility index (Phi) is 5.14. The summed E-state index contributed by atoms with van der Waals surface area (Å²) in [5.74, 6) is -0.732. The van der Waals surface area contributed by atoms with Gasteiger partial charge in [0.05, 0.1) is 4.90 Å². The molecule has 0 unspecified atom stereocenters. The molecule has 29 heavy (non-hydrogen) atoms. The van der Waals surface area contributed by atoms with Crippen molar-refractivity contribution in [2.75, 3.05) is 24.5 Å². The molecule has 0 bridgehead atoms. The second-order valence-corrected chi connectivity index (χ2v) is 9.34. The van der Waals surface area contributed by atoms with E-state index in [1.54, 1.807) is 39.5 Å². The van der Waals surface area contributed by atoms with Crippen molar-refractivity contribution in [3.63, 3.8) is 0 Å². The highest BCUT2D eigenvalue weighted by molar-refractivity contribution is 7.89. The summed E-state index contributed by atoms with van der Waals surface area (Å²) in [5.41, 5.74) is 7.62. The molecular weight excluding hydrogens is 390 g/mol. The molecule has 2 aliphatic heterocycles. The number of primary amides is 1. The zero-order valence-electron chi connectivity index (χ0n) is 16.0. The number of rotatable bonds is 4. The van der Waals surface area contributed by atoms with Crippen LogP contribution in [0.3, 0.4) is 0 Å². The molecule has 2 N–H and O–H groups in total. The molecule has 2 aromatic rings. The van der Waals surface area contributed by atoms with Gasteiger partial charge >= 0.3 is 0 Å². The Morgan fingerprint density at radius 3 is 2.17 bits per heavy atom. The molecule has 0 radical (unpaired) electrons. The third kappa shape index (κ3) is 3.65. The third-order valence-electron chi connectivity index (χ3n) is 5.56. The Bertz CT molecular complexity index is 1060. The fourth-order valence-electron chi connectivity index (χ4n) is 3.94. The zero-order chi connectivity index (χ0) is 20.6. The van der Waals surface area contributed by atoms with Gasteiger partial charge in [-0.05, 0) is 67.3 Å². The summed E-state index contributed by atoms with van der Waals surface area (Å²) in [6, 6.07) is 11.2. The van der Waals surface area contributed by atoms with E-state index in [0.717, 1.165) is 30.5 Å². The highest BCUT2D eigenvalue weighted by Crippen LogP contribution is 2.32. The molecule has 152 valence electrons. The normalized spacial score (nSPS) is 17.2. The molecule has 0 aromatic heterocycles. The van der Waals surface area contributed by atoms with Crippen molar-refractivity contribution >= 4 is 27.5 Å². The number of nitrogens with two attached hydrogens (primary N) is 1. The molecule has 2 heterocycles. The number of anilines is 1. The van der Waals surface area contributed by atoms with Crippen molar-refractivity contribution in [1.29, 1.82) is 0 Å². The number of amides is 2. The van der Waals surface area contributed by atoms with Gasteiger partial charge in [0.1, 0.15) is 0 Å². The Morgan fingerprint density at radius 2 is 1.52 bits per heavy atom. The van der Waals surface area contributed by atoms with Crippen molar-refractivity contribution in [1.82, 2.24) is 4.31 Å². The number of piperidine rings is 1. The minimum Gasteiger partial charge on any atom is -0.366 e. The fourth-order valence-corrected chi connectivity index (χ4v) is 5.51. The van der Waals surface area contributed by atoms with Gasteiger partial charge < -0.3 is 10.6 Å². The van der Waals surface area contributed by atoms with Crippen molar-refractivity contribution in [3.05, 3.63) is 59.2 Å². The first-order valence-corrected chi connectivity index (χ1v) is 11.2. The van der Waals surface area contributed by atoms with E-state index in [2.05, 4.69) is 0 Å². The number of carbonyl (C=O) groups is 2. The average Bonchev–Trinajstić information content (AvgIpc) is 3.17. The number of nitrogens with zero attached hydrogens (tertiary/aromatic N) is 2. The largest absolute Gasteiger partial charge is 0.366 e. The van der Waals surface area contributed by atoms with Crippen molar-refractivity contribution in [2.45, 2.75) is 30.6 Å². The van der Waals surface area contributed by atoms with E-state index in [0.29, 0.717) is 42.1 Å². The molecule has 8 heteroatoms. The maximum Gasteiger partial charge on any atom is 0.258 e. The van der Waals surface area contributed by atoms with Gasteiger partial charge in [-0.2, -0.15) is 4.31 Å². The molecular formula is C21H23N3O4S. The van der Waals surface area contributed by atoms with Crippen LogP contribution in [0.5, 0.6) is 0 Å². The standard InChI is InChI=1S/C21H23N3O4S/c22-20(25)15-4-6-16(7-5-15)21(26)24-13-10-17-14-18(8-9-19(17)24)29(27,28)23-11-2-1-3-12-23/h4-9,14H,1-3,10-13H2,(H2,22,25). The number of hydrogen-bond donors (Lipinski definition) is 1. The number of fused-ring (bicyclic) bond motifs is 1. The maximum absolute atomic E-state index is 12.9. The maximum atomic E-state index is 12.9. The predicted octanol–water partition coefficient (Wildman–Crippen LogP) is 2.16. The van der Waals surface area contributed by atoms with Gasteiger partial charge in [-0.15, -0.1) is 0 Å². The molecule has 2 aromatic carbocycles. The summed E-state index contributed by atoms with van der Waals surface area (Å²) in [7, 11) is -3.50. The van der Waals surface area contributed by atoms with Crippen LogP contribution in [0.2, 0.25) is 0 Å². The monoisotopic (exact) mass is 413 g/mol. The number of carbonyl (C=O) groups excluding carboxylic acids is 2. The van der Waals surface area contributed by atoms with Crippen LogP contribution in [0.1, 0.15) is 45.5 Å². The fraction of sp³-hybridized carbons (Fsp3) is 0.333. The van der Waals surface area contributed by atoms with Gasteiger partial charge in [-0.3, -0.25) is 9.59 Å². The Hall–Kier alpha value is -2.71. The second-order valence-electron chi connectivity index (χ2n) is 7.40. The summed E-state index contributed by atoms with van der Waals surface area (Å²) >= 11 is 0. The summed E-state index contributed by atoms with van der Waals surface area (Å²) in [6.45, 7) is 1.61. The molecule has 2 aliphatic rings. The van der Waals surface area contributed by atoms with Gasteiger partial charge in [-0.25, -0.2) is 8.42 Å². The third-order valence-corrected chi connectivity index (χ3v) is 7.46. The Morgan fingerprint density at radius 1 is 0.862 bits per heavy atom. The van der Waals surface area contributed by atoms with Crippen LogP contribution in [-0.2, 0) is 16.4 Å². The van der Waals surface area contributed by atoms with E-state index >= 15 is 0 Å². The zero-order valence-corrected chi connectivity index (χ0v) is 16.8. The SMILES string of the molecule is NC(=O)c1ccc(C(=O)N2CCc3cc(S(=O)(=O)N4CCCCC4)ccc32)cc1. The van der Waals surface area contributed by atoms with Crippen LogP contribution in [0.4, 0.5) is 5.69 Å².